The Balaban J connectivity index is 1.62. The molecule has 2 amide bonds. The van der Waals surface area contributed by atoms with Gasteiger partial charge in [0.15, 0.2) is 5.13 Å². The van der Waals surface area contributed by atoms with Crippen molar-refractivity contribution in [3.05, 3.63) is 63.7 Å². The van der Waals surface area contributed by atoms with Gasteiger partial charge >= 0.3 is 0 Å². The largest absolute Gasteiger partial charge is 0.364 e. The number of nitrogens with zero attached hydrogens (tertiary/aromatic N) is 2. The molecule has 3 heterocycles. The van der Waals surface area contributed by atoms with Crippen LogP contribution in [0.2, 0.25) is 5.02 Å². The van der Waals surface area contributed by atoms with Gasteiger partial charge in [-0.15, -0.1) is 11.3 Å². The molecular weight excluding hydrogens is 433 g/mol. The predicted octanol–water partition coefficient (Wildman–Crippen LogP) is 4.25. The van der Waals surface area contributed by atoms with Crippen molar-refractivity contribution in [3.8, 4) is 22.5 Å². The third kappa shape index (κ3) is 3.58. The minimum atomic E-state index is -0.626. The first-order chi connectivity index (χ1) is 14.3. The lowest BCUT2D eigenvalue weighted by Crippen LogP contribution is -2.13. The van der Waals surface area contributed by atoms with Gasteiger partial charge < -0.3 is 15.2 Å². The van der Waals surface area contributed by atoms with Crippen molar-refractivity contribution in [1.82, 2.24) is 15.1 Å². The number of aromatic amines is 1. The molecule has 0 bridgehead atoms. The molecule has 0 aliphatic rings. The highest BCUT2D eigenvalue weighted by Gasteiger charge is 2.26. The Hall–Kier alpha value is -3.50. The van der Waals surface area contributed by atoms with Crippen LogP contribution in [0.3, 0.4) is 0 Å². The highest BCUT2D eigenvalue weighted by atomic mass is 35.5. The number of aromatic nitrogens is 3. The third-order valence-corrected chi connectivity index (χ3v) is 5.33. The van der Waals surface area contributed by atoms with E-state index < -0.39 is 17.6 Å². The fourth-order valence-electron chi connectivity index (χ4n) is 2.84. The van der Waals surface area contributed by atoms with Gasteiger partial charge in [0, 0.05) is 17.1 Å². The van der Waals surface area contributed by atoms with Crippen LogP contribution in [0.4, 0.5) is 9.52 Å². The summed E-state index contributed by atoms with van der Waals surface area (Å²) in [4.78, 5) is 31.2. The zero-order valence-electron chi connectivity index (χ0n) is 15.3. The number of rotatable bonds is 5. The summed E-state index contributed by atoms with van der Waals surface area (Å²) in [6.45, 7) is 1.54. The Labute approximate surface area is 177 Å². The first-order valence-electron chi connectivity index (χ1n) is 8.51. The number of hydrogen-bond donors (Lipinski definition) is 3. The van der Waals surface area contributed by atoms with Crippen LogP contribution in [0.5, 0.6) is 0 Å². The van der Waals surface area contributed by atoms with Crippen LogP contribution < -0.4 is 11.1 Å². The van der Waals surface area contributed by atoms with Crippen LogP contribution in [0, 0.1) is 12.7 Å². The second-order valence-electron chi connectivity index (χ2n) is 6.22. The van der Waals surface area contributed by atoms with Crippen molar-refractivity contribution in [1.29, 1.82) is 0 Å². The van der Waals surface area contributed by atoms with Gasteiger partial charge in [-0.2, -0.15) is 0 Å². The van der Waals surface area contributed by atoms with Crippen LogP contribution in [0.25, 0.3) is 22.5 Å². The van der Waals surface area contributed by atoms with E-state index in [9.17, 15) is 14.0 Å². The maximum Gasteiger partial charge on any atom is 0.265 e. The first kappa shape index (κ1) is 19.8. The standard InChI is InChI=1S/C19H13ClFN5O3S/c1-8-14(16(26-29-8)15-10(20)3-2-4-11(15)21)18(28)25-19-24-13(7-30-19)9-5-12(17(22)27)23-6-9/h2-7,23H,1H3,(H2,22,27)(H,24,25,28). The van der Waals surface area contributed by atoms with Crippen molar-refractivity contribution in [2.45, 2.75) is 6.92 Å². The summed E-state index contributed by atoms with van der Waals surface area (Å²) in [5.41, 5.74) is 6.69. The second-order valence-corrected chi connectivity index (χ2v) is 7.48. The summed E-state index contributed by atoms with van der Waals surface area (Å²) in [5, 5.41) is 8.58. The van der Waals surface area contributed by atoms with Gasteiger partial charge in [-0.05, 0) is 25.1 Å². The molecule has 0 radical (unpaired) electrons. The quantitative estimate of drug-likeness (QED) is 0.423. The maximum atomic E-state index is 14.3. The van der Waals surface area contributed by atoms with Gasteiger partial charge in [0.05, 0.1) is 16.3 Å². The van der Waals surface area contributed by atoms with E-state index in [0.717, 1.165) is 0 Å². The molecule has 4 rings (SSSR count). The number of primary amides is 1. The fourth-order valence-corrected chi connectivity index (χ4v) is 3.81. The molecule has 0 aliphatic heterocycles. The van der Waals surface area contributed by atoms with Crippen LogP contribution in [0.15, 0.2) is 40.4 Å². The average Bonchev–Trinajstić information content (AvgIpc) is 3.41. The Bertz CT molecular complexity index is 1260. The monoisotopic (exact) mass is 445 g/mol. The van der Waals surface area contributed by atoms with Gasteiger partial charge in [-0.3, -0.25) is 14.9 Å². The second kappa shape index (κ2) is 7.73. The lowest BCUT2D eigenvalue weighted by atomic mass is 10.1. The number of anilines is 1. The van der Waals surface area contributed by atoms with Crippen molar-refractivity contribution >= 4 is 39.9 Å². The van der Waals surface area contributed by atoms with E-state index in [1.807, 2.05) is 0 Å². The topological polar surface area (TPSA) is 127 Å². The molecule has 8 nitrogen and oxygen atoms in total. The molecule has 152 valence electrons. The molecule has 0 fully saturated rings. The Morgan fingerprint density at radius 3 is 2.87 bits per heavy atom. The zero-order chi connectivity index (χ0) is 21.4. The van der Waals surface area contributed by atoms with Crippen molar-refractivity contribution in [3.63, 3.8) is 0 Å². The lowest BCUT2D eigenvalue weighted by molar-refractivity contribution is 0.0993. The summed E-state index contributed by atoms with van der Waals surface area (Å²) in [6.07, 6.45) is 1.59. The molecule has 3 aromatic heterocycles. The molecule has 0 saturated carbocycles. The van der Waals surface area contributed by atoms with E-state index in [1.165, 1.54) is 29.5 Å². The maximum absolute atomic E-state index is 14.3. The number of benzene rings is 1. The molecule has 0 saturated heterocycles. The molecular formula is C19H13ClFN5O3S. The summed E-state index contributed by atoms with van der Waals surface area (Å²) in [6, 6.07) is 5.73. The summed E-state index contributed by atoms with van der Waals surface area (Å²) >= 11 is 7.28. The molecule has 0 unspecified atom stereocenters. The smallest absolute Gasteiger partial charge is 0.265 e. The summed E-state index contributed by atoms with van der Waals surface area (Å²) < 4.78 is 19.4. The van der Waals surface area contributed by atoms with Gasteiger partial charge in [0.2, 0.25) is 0 Å². The number of H-pyrrole nitrogens is 1. The number of nitrogens with one attached hydrogen (secondary N) is 2. The third-order valence-electron chi connectivity index (χ3n) is 4.26. The summed E-state index contributed by atoms with van der Waals surface area (Å²) in [7, 11) is 0. The van der Waals surface area contributed by atoms with E-state index in [1.54, 1.807) is 24.6 Å². The number of carbonyl (C=O) groups is 2. The fraction of sp³-hybridized carbons (Fsp3) is 0.0526. The van der Waals surface area contributed by atoms with Gasteiger partial charge in [0.1, 0.15) is 28.5 Å². The van der Waals surface area contributed by atoms with E-state index in [2.05, 4.69) is 20.4 Å². The van der Waals surface area contributed by atoms with Crippen LogP contribution in [0.1, 0.15) is 26.6 Å². The van der Waals surface area contributed by atoms with E-state index in [-0.39, 0.29) is 33.3 Å². The predicted molar refractivity (Wildman–Crippen MR) is 110 cm³/mol. The molecule has 0 spiro atoms. The van der Waals surface area contributed by atoms with Gasteiger partial charge in [0.25, 0.3) is 11.8 Å². The highest BCUT2D eigenvalue weighted by Crippen LogP contribution is 2.34. The number of amides is 2. The number of thiazole rings is 1. The minimum Gasteiger partial charge on any atom is -0.364 e. The highest BCUT2D eigenvalue weighted by molar-refractivity contribution is 7.14. The molecule has 4 N–H and O–H groups in total. The molecule has 0 aliphatic carbocycles. The molecule has 11 heteroatoms. The normalized spacial score (nSPS) is 10.9. The SMILES string of the molecule is Cc1onc(-c2c(F)cccc2Cl)c1C(=O)Nc1nc(-c2c[nH]c(C(N)=O)c2)cs1. The Morgan fingerprint density at radius 1 is 1.37 bits per heavy atom. The lowest BCUT2D eigenvalue weighted by Gasteiger charge is -2.05. The van der Waals surface area contributed by atoms with E-state index >= 15 is 0 Å². The van der Waals surface area contributed by atoms with E-state index in [0.29, 0.717) is 16.4 Å². The number of nitrogens with two attached hydrogens (primary N) is 1. The number of hydrogen-bond acceptors (Lipinski definition) is 6. The number of carbonyl (C=O) groups excluding carboxylic acids is 2. The molecule has 1 aromatic carbocycles. The van der Waals surface area contributed by atoms with Crippen LogP contribution in [-0.2, 0) is 0 Å². The van der Waals surface area contributed by atoms with Gasteiger partial charge in [-0.1, -0.05) is 22.8 Å². The molecule has 0 atom stereocenters. The van der Waals surface area contributed by atoms with Crippen molar-refractivity contribution in [2.75, 3.05) is 5.32 Å². The Morgan fingerprint density at radius 2 is 2.17 bits per heavy atom. The van der Waals surface area contributed by atoms with Crippen molar-refractivity contribution < 1.29 is 18.5 Å². The van der Waals surface area contributed by atoms with E-state index in [4.69, 9.17) is 21.9 Å². The number of halogens is 2. The molecule has 30 heavy (non-hydrogen) atoms. The molecule has 4 aromatic rings. The average molecular weight is 446 g/mol. The van der Waals surface area contributed by atoms with Crippen LogP contribution >= 0.6 is 22.9 Å². The van der Waals surface area contributed by atoms with Crippen LogP contribution in [-0.4, -0.2) is 26.9 Å². The first-order valence-corrected chi connectivity index (χ1v) is 9.77. The van der Waals surface area contributed by atoms with Crippen molar-refractivity contribution in [2.24, 2.45) is 5.73 Å². The Kier molecular flexibility index (Phi) is 5.10. The zero-order valence-corrected chi connectivity index (χ0v) is 16.9. The van der Waals surface area contributed by atoms with Gasteiger partial charge in [-0.25, -0.2) is 9.37 Å². The summed E-state index contributed by atoms with van der Waals surface area (Å²) in [5.74, 6) is -1.59. The number of aryl methyl sites for hydroxylation is 1. The minimum absolute atomic E-state index is 0.00149.